The van der Waals surface area contributed by atoms with Gasteiger partial charge in [-0.25, -0.2) is 4.79 Å². The second-order valence-corrected chi connectivity index (χ2v) is 20.6. The summed E-state index contributed by atoms with van der Waals surface area (Å²) in [4.78, 5) is 25.9. The minimum absolute atomic E-state index is 0.0291. The molecule has 0 aromatic carbocycles. The van der Waals surface area contributed by atoms with Gasteiger partial charge in [0.25, 0.3) is 0 Å². The fourth-order valence-electron chi connectivity index (χ4n) is 13.5. The Morgan fingerprint density at radius 1 is 0.804 bits per heavy atom. The normalized spacial score (nSPS) is 54.2. The fraction of sp³-hybridized carbons (Fsp3) is 0.905. The molecule has 0 aromatic heterocycles. The lowest BCUT2D eigenvalue weighted by Gasteiger charge is -2.71. The summed E-state index contributed by atoms with van der Waals surface area (Å²) in [6, 6.07) is 0. The number of rotatable bonds is 7. The number of fused-ring (bicyclic) bond motifs is 7. The van der Waals surface area contributed by atoms with Gasteiger partial charge in [-0.2, -0.15) is 0 Å². The Morgan fingerprint density at radius 3 is 2.14 bits per heavy atom. The summed E-state index contributed by atoms with van der Waals surface area (Å²) >= 11 is 0. The molecule has 0 bridgehead atoms. The Bertz CT molecular complexity index is 1570. The second-order valence-electron chi connectivity index (χ2n) is 20.6. The number of aliphatic carboxylic acids is 1. The van der Waals surface area contributed by atoms with Gasteiger partial charge in [-0.1, -0.05) is 60.1 Å². The first-order valence-corrected chi connectivity index (χ1v) is 20.7. The van der Waals surface area contributed by atoms with Crippen molar-refractivity contribution in [2.45, 2.75) is 174 Å². The lowest BCUT2D eigenvalue weighted by molar-refractivity contribution is -0.375. The van der Waals surface area contributed by atoms with Gasteiger partial charge in [0.15, 0.2) is 18.7 Å². The highest BCUT2D eigenvalue weighted by Gasteiger charge is 2.70. The monoisotopic (exact) mass is 794 g/mol. The van der Waals surface area contributed by atoms with Crippen LogP contribution in [-0.2, 0) is 28.5 Å². The third-order valence-electron chi connectivity index (χ3n) is 17.2. The van der Waals surface area contributed by atoms with E-state index in [4.69, 9.17) is 18.9 Å². The van der Waals surface area contributed by atoms with Crippen molar-refractivity contribution >= 4 is 11.8 Å². The number of aliphatic hydroxyl groups is 7. The topological polar surface area (TPSA) is 233 Å². The maximum absolute atomic E-state index is 13.7. The predicted molar refractivity (Wildman–Crippen MR) is 198 cm³/mol. The summed E-state index contributed by atoms with van der Waals surface area (Å²) in [6.07, 6.45) is -8.50. The number of carboxylic acids is 1. The number of Topliss-reactive ketones (excluding diaryl/α,β-unsaturated/α-hetero) is 1. The Morgan fingerprint density at radius 2 is 1.50 bits per heavy atom. The van der Waals surface area contributed by atoms with Crippen LogP contribution < -0.4 is 0 Å². The first-order chi connectivity index (χ1) is 26.0. The van der Waals surface area contributed by atoms with Crippen molar-refractivity contribution in [1.82, 2.24) is 0 Å². The van der Waals surface area contributed by atoms with Crippen molar-refractivity contribution in [3.63, 3.8) is 0 Å². The largest absolute Gasteiger partial charge is 0.479 e. The lowest BCUT2D eigenvalue weighted by Crippen LogP contribution is -2.68. The van der Waals surface area contributed by atoms with Crippen LogP contribution in [0.4, 0.5) is 0 Å². The van der Waals surface area contributed by atoms with E-state index in [1.165, 1.54) is 5.57 Å². The molecule has 19 atom stereocenters. The maximum Gasteiger partial charge on any atom is 0.335 e. The molecule has 56 heavy (non-hydrogen) atoms. The van der Waals surface area contributed by atoms with E-state index < -0.39 is 85.5 Å². The van der Waals surface area contributed by atoms with E-state index in [0.29, 0.717) is 18.6 Å². The van der Waals surface area contributed by atoms with Gasteiger partial charge in [0.05, 0.1) is 19.3 Å². The molecule has 0 aromatic rings. The molecule has 2 aliphatic heterocycles. The first-order valence-electron chi connectivity index (χ1n) is 20.7. The highest BCUT2D eigenvalue weighted by Crippen LogP contribution is 2.75. The molecule has 14 nitrogen and oxygen atoms in total. The smallest absolute Gasteiger partial charge is 0.335 e. The zero-order valence-electron chi connectivity index (χ0n) is 34.0. The summed E-state index contributed by atoms with van der Waals surface area (Å²) in [6.45, 7) is 14.9. The molecule has 6 fully saturated rings. The molecule has 2 saturated heterocycles. The van der Waals surface area contributed by atoms with Crippen LogP contribution in [0.25, 0.3) is 0 Å². The van der Waals surface area contributed by atoms with Gasteiger partial charge in [-0.3, -0.25) is 4.79 Å². The third kappa shape index (κ3) is 6.13. The number of hydrogen-bond acceptors (Lipinski definition) is 13. The molecule has 14 heteroatoms. The number of allylic oxidation sites excluding steroid dienone is 2. The number of carbonyl (C=O) groups is 2. The molecule has 0 radical (unpaired) electrons. The summed E-state index contributed by atoms with van der Waals surface area (Å²) in [5, 5.41) is 84.4. The van der Waals surface area contributed by atoms with Gasteiger partial charge in [0.2, 0.25) is 0 Å². The van der Waals surface area contributed by atoms with Gasteiger partial charge in [0.1, 0.15) is 48.5 Å². The van der Waals surface area contributed by atoms with Gasteiger partial charge in [0, 0.05) is 17.3 Å². The minimum atomic E-state index is -1.97. The van der Waals surface area contributed by atoms with Crippen LogP contribution in [0.2, 0.25) is 0 Å². The molecule has 0 spiro atoms. The van der Waals surface area contributed by atoms with Crippen molar-refractivity contribution < 1.29 is 69.4 Å². The number of aliphatic hydroxyl groups excluding tert-OH is 7. The minimum Gasteiger partial charge on any atom is -0.479 e. The molecule has 318 valence electrons. The SMILES string of the molecule is CC1(C)CC(=O)[C@]2(C)CC[C@]3(C)C(=CC[C@@H]4[C@@]5(C)CC[C@H](O[C@@H]6O[C@H](C(=O)O)[C@@H](O)[C@H](O)[C@H]6O[C@@H]6O[C@H](CO)[C@H](O)[C@H](O)[C@H]6O)[C@@](C)(CO)[C@@H]5CC[C@]43C)[C@@H]2C1. The van der Waals surface area contributed by atoms with Crippen LogP contribution in [0.3, 0.4) is 0 Å². The van der Waals surface area contributed by atoms with Crippen molar-refractivity contribution in [1.29, 1.82) is 0 Å². The highest BCUT2D eigenvalue weighted by atomic mass is 16.8. The van der Waals surface area contributed by atoms with Crippen LogP contribution in [0.5, 0.6) is 0 Å². The number of carbonyl (C=O) groups excluding carboxylic acids is 1. The average Bonchev–Trinajstić information content (AvgIpc) is 3.13. The van der Waals surface area contributed by atoms with Crippen LogP contribution in [-0.4, -0.2) is 133 Å². The third-order valence-corrected chi connectivity index (χ3v) is 17.2. The molecule has 2 heterocycles. The van der Waals surface area contributed by atoms with Crippen molar-refractivity contribution in [3.05, 3.63) is 11.6 Å². The summed E-state index contributed by atoms with van der Waals surface area (Å²) in [5.74, 6) is -0.705. The summed E-state index contributed by atoms with van der Waals surface area (Å²) in [5.41, 5.74) is -0.183. The van der Waals surface area contributed by atoms with E-state index in [0.717, 1.165) is 44.9 Å². The second kappa shape index (κ2) is 14.3. The molecule has 7 rings (SSSR count). The number of ether oxygens (including phenoxy) is 4. The summed E-state index contributed by atoms with van der Waals surface area (Å²) in [7, 11) is 0. The van der Waals surface area contributed by atoms with Gasteiger partial charge in [-0.05, 0) is 90.8 Å². The molecule has 0 amide bonds. The van der Waals surface area contributed by atoms with Crippen LogP contribution in [0.1, 0.15) is 106 Å². The van der Waals surface area contributed by atoms with Crippen LogP contribution in [0.15, 0.2) is 11.6 Å². The first kappa shape index (κ1) is 42.6. The zero-order valence-corrected chi connectivity index (χ0v) is 34.0. The standard InChI is InChI=1S/C42H66O14/c1-37(2)16-21-20-8-9-24-39(4)12-11-26(40(5,19-44)23(39)10-13-42(24,7)41(20,6)15-14-38(21,3)25(45)17-37)54-36-33(30(49)29(48)32(55-36)34(51)52)56-35-31(50)28(47)27(46)22(18-43)53-35/h8,21-24,26-33,35-36,43-44,46-50H,9-19H2,1-7H3,(H,51,52)/t21-,22+,23+,24+,26-,27-,28-,29-,30-,31+,32-,33+,35-,36+,38+,39-,40-,41+,42+/m0/s1. The highest BCUT2D eigenvalue weighted by molar-refractivity contribution is 5.87. The summed E-state index contributed by atoms with van der Waals surface area (Å²) < 4.78 is 23.8. The molecule has 0 unspecified atom stereocenters. The lowest BCUT2D eigenvalue weighted by atomic mass is 9.33. The molecule has 4 saturated carbocycles. The number of hydrogen-bond donors (Lipinski definition) is 8. The molecule has 8 N–H and O–H groups in total. The Kier molecular flexibility index (Phi) is 10.9. The number of ketones is 1. The Labute approximate surface area is 329 Å². The number of carboxylic acid groups (broad SMARTS) is 1. The van der Waals surface area contributed by atoms with E-state index in [-0.39, 0.29) is 51.4 Å². The van der Waals surface area contributed by atoms with Gasteiger partial charge < -0.3 is 59.8 Å². The van der Waals surface area contributed by atoms with E-state index in [1.54, 1.807) is 0 Å². The fourth-order valence-corrected chi connectivity index (χ4v) is 13.5. The van der Waals surface area contributed by atoms with Crippen molar-refractivity contribution in [3.8, 4) is 0 Å². The van der Waals surface area contributed by atoms with E-state index in [9.17, 15) is 50.4 Å². The molecule has 7 aliphatic rings. The van der Waals surface area contributed by atoms with Crippen LogP contribution >= 0.6 is 0 Å². The zero-order chi connectivity index (χ0) is 41.1. The average molecular weight is 795 g/mol. The van der Waals surface area contributed by atoms with E-state index in [2.05, 4.69) is 47.6 Å². The molecule has 5 aliphatic carbocycles. The maximum atomic E-state index is 13.7. The predicted octanol–water partition coefficient (Wildman–Crippen LogP) is 2.06. The van der Waals surface area contributed by atoms with Crippen LogP contribution in [0, 0.1) is 50.2 Å². The van der Waals surface area contributed by atoms with E-state index >= 15 is 0 Å². The molecular weight excluding hydrogens is 728 g/mol. The van der Waals surface area contributed by atoms with Crippen molar-refractivity contribution in [2.75, 3.05) is 13.2 Å². The molecular formula is C42H66O14. The quantitative estimate of drug-likeness (QED) is 0.136. The van der Waals surface area contributed by atoms with Crippen molar-refractivity contribution in [2.24, 2.45) is 50.2 Å². The Hall–Kier alpha value is -1.56. The Balaban J connectivity index is 1.17. The van der Waals surface area contributed by atoms with Gasteiger partial charge >= 0.3 is 5.97 Å². The van der Waals surface area contributed by atoms with Gasteiger partial charge in [-0.15, -0.1) is 0 Å². The van der Waals surface area contributed by atoms with E-state index in [1.807, 2.05) is 6.92 Å².